The van der Waals surface area contributed by atoms with E-state index in [9.17, 15) is 8.42 Å². The first-order valence-electron chi connectivity index (χ1n) is 5.66. The molecular weight excluding hydrogens is 262 g/mol. The molecule has 2 N–H and O–H groups in total. The average molecular weight is 288 g/mol. The van der Waals surface area contributed by atoms with E-state index in [4.69, 9.17) is 5.73 Å². The molecule has 0 bridgehead atoms. The zero-order chi connectivity index (χ0) is 12.9. The maximum Gasteiger partial charge on any atom is 0.281 e. The molecule has 0 amide bonds. The van der Waals surface area contributed by atoms with Crippen LogP contribution in [0.15, 0.2) is 0 Å². The van der Waals surface area contributed by atoms with Gasteiger partial charge in [-0.3, -0.25) is 0 Å². The average Bonchev–Trinajstić information content (AvgIpc) is 2.23. The molecular formula is C10H26ClN3O2S. The van der Waals surface area contributed by atoms with Crippen molar-refractivity contribution in [1.29, 1.82) is 0 Å². The Morgan fingerprint density at radius 1 is 1.18 bits per heavy atom. The van der Waals surface area contributed by atoms with Crippen LogP contribution in [0.5, 0.6) is 0 Å². The normalized spacial score (nSPS) is 14.2. The summed E-state index contributed by atoms with van der Waals surface area (Å²) >= 11 is 0. The second-order valence-corrected chi connectivity index (χ2v) is 6.58. The SMILES string of the molecule is CCN(C)S(=O)(=O)N(C)CCC(N)C(C)C.Cl. The van der Waals surface area contributed by atoms with E-state index in [1.165, 1.54) is 8.61 Å². The largest absolute Gasteiger partial charge is 0.327 e. The lowest BCUT2D eigenvalue weighted by Crippen LogP contribution is -2.41. The van der Waals surface area contributed by atoms with Crippen molar-refractivity contribution in [3.05, 3.63) is 0 Å². The van der Waals surface area contributed by atoms with Crippen molar-refractivity contribution >= 4 is 22.6 Å². The van der Waals surface area contributed by atoms with Gasteiger partial charge in [-0.15, -0.1) is 12.4 Å². The zero-order valence-electron chi connectivity index (χ0n) is 11.4. The molecule has 5 nitrogen and oxygen atoms in total. The van der Waals surface area contributed by atoms with E-state index in [1.807, 2.05) is 20.8 Å². The summed E-state index contributed by atoms with van der Waals surface area (Å²) < 4.78 is 26.4. The fourth-order valence-electron chi connectivity index (χ4n) is 1.18. The van der Waals surface area contributed by atoms with Gasteiger partial charge in [0.1, 0.15) is 0 Å². The minimum atomic E-state index is -3.30. The molecule has 1 atom stereocenters. The van der Waals surface area contributed by atoms with Crippen LogP contribution < -0.4 is 5.73 Å². The van der Waals surface area contributed by atoms with Crippen LogP contribution in [-0.4, -0.2) is 50.3 Å². The van der Waals surface area contributed by atoms with Crippen LogP contribution in [0.4, 0.5) is 0 Å². The van der Waals surface area contributed by atoms with E-state index in [-0.39, 0.29) is 18.4 Å². The summed E-state index contributed by atoms with van der Waals surface area (Å²) in [6.45, 7) is 6.83. The van der Waals surface area contributed by atoms with Crippen LogP contribution in [0.2, 0.25) is 0 Å². The third-order valence-corrected chi connectivity index (χ3v) is 4.88. The smallest absolute Gasteiger partial charge is 0.281 e. The first-order valence-corrected chi connectivity index (χ1v) is 7.06. The Balaban J connectivity index is 0. The van der Waals surface area contributed by atoms with Crippen molar-refractivity contribution in [1.82, 2.24) is 8.61 Å². The van der Waals surface area contributed by atoms with Gasteiger partial charge in [0.05, 0.1) is 0 Å². The van der Waals surface area contributed by atoms with Crippen LogP contribution in [-0.2, 0) is 10.2 Å². The molecule has 0 aromatic rings. The Labute approximate surface area is 112 Å². The van der Waals surface area contributed by atoms with Gasteiger partial charge < -0.3 is 5.73 Å². The molecule has 1 unspecified atom stereocenters. The molecule has 0 rings (SSSR count). The Kier molecular flexibility index (Phi) is 9.46. The maximum atomic E-state index is 11.9. The summed E-state index contributed by atoms with van der Waals surface area (Å²) in [4.78, 5) is 0. The molecule has 0 aliphatic heterocycles. The number of halogens is 1. The van der Waals surface area contributed by atoms with Crippen LogP contribution in [0.1, 0.15) is 27.2 Å². The lowest BCUT2D eigenvalue weighted by atomic mass is 10.0. The first kappa shape index (κ1) is 19.5. The molecule has 0 fully saturated rings. The Bertz CT molecular complexity index is 296. The summed E-state index contributed by atoms with van der Waals surface area (Å²) in [6.07, 6.45) is 0.685. The van der Waals surface area contributed by atoms with Crippen LogP contribution in [0.25, 0.3) is 0 Å². The predicted octanol–water partition coefficient (Wildman–Crippen LogP) is 0.910. The summed E-state index contributed by atoms with van der Waals surface area (Å²) in [5.41, 5.74) is 5.88. The monoisotopic (exact) mass is 287 g/mol. The molecule has 0 saturated carbocycles. The van der Waals surface area contributed by atoms with Gasteiger partial charge in [0.15, 0.2) is 0 Å². The number of nitrogens with zero attached hydrogens (tertiary/aromatic N) is 2. The highest BCUT2D eigenvalue weighted by molar-refractivity contribution is 7.86. The Morgan fingerprint density at radius 3 is 2.00 bits per heavy atom. The van der Waals surface area contributed by atoms with Gasteiger partial charge in [0, 0.05) is 33.2 Å². The third-order valence-electron chi connectivity index (χ3n) is 2.87. The number of hydrogen-bond acceptors (Lipinski definition) is 3. The molecule has 0 radical (unpaired) electrons. The molecule has 106 valence electrons. The van der Waals surface area contributed by atoms with E-state index in [0.29, 0.717) is 25.4 Å². The Morgan fingerprint density at radius 2 is 1.65 bits per heavy atom. The second kappa shape index (κ2) is 8.26. The zero-order valence-corrected chi connectivity index (χ0v) is 13.0. The van der Waals surface area contributed by atoms with Crippen molar-refractivity contribution in [2.75, 3.05) is 27.2 Å². The van der Waals surface area contributed by atoms with Gasteiger partial charge in [-0.25, -0.2) is 0 Å². The van der Waals surface area contributed by atoms with Crippen LogP contribution in [0.3, 0.4) is 0 Å². The molecule has 7 heteroatoms. The number of hydrogen-bond donors (Lipinski definition) is 1. The van der Waals surface area contributed by atoms with E-state index in [2.05, 4.69) is 0 Å². The topological polar surface area (TPSA) is 66.6 Å². The number of nitrogens with two attached hydrogens (primary N) is 1. The highest BCUT2D eigenvalue weighted by Gasteiger charge is 2.22. The van der Waals surface area contributed by atoms with Gasteiger partial charge >= 0.3 is 0 Å². The van der Waals surface area contributed by atoms with E-state index < -0.39 is 10.2 Å². The van der Waals surface area contributed by atoms with Crippen molar-refractivity contribution in [2.45, 2.75) is 33.2 Å². The maximum absolute atomic E-state index is 11.9. The molecule has 17 heavy (non-hydrogen) atoms. The van der Waals surface area contributed by atoms with Gasteiger partial charge in [-0.05, 0) is 12.3 Å². The van der Waals surface area contributed by atoms with Crippen molar-refractivity contribution < 1.29 is 8.42 Å². The van der Waals surface area contributed by atoms with E-state index in [0.717, 1.165) is 0 Å². The molecule has 0 aliphatic carbocycles. The van der Waals surface area contributed by atoms with Crippen molar-refractivity contribution in [3.63, 3.8) is 0 Å². The van der Waals surface area contributed by atoms with Gasteiger partial charge in [0.25, 0.3) is 10.2 Å². The van der Waals surface area contributed by atoms with Gasteiger partial charge in [-0.2, -0.15) is 17.0 Å². The summed E-state index contributed by atoms with van der Waals surface area (Å²) in [5, 5.41) is 0. The summed E-state index contributed by atoms with van der Waals surface area (Å²) in [6, 6.07) is 0.0459. The Hall–Kier alpha value is 0.120. The first-order chi connectivity index (χ1) is 7.23. The molecule has 0 aromatic carbocycles. The fourth-order valence-corrected chi connectivity index (χ4v) is 2.32. The highest BCUT2D eigenvalue weighted by Crippen LogP contribution is 2.08. The molecule has 0 aromatic heterocycles. The summed E-state index contributed by atoms with van der Waals surface area (Å²) in [7, 11) is -0.130. The molecule has 0 aliphatic rings. The van der Waals surface area contributed by atoms with E-state index in [1.54, 1.807) is 14.1 Å². The fraction of sp³-hybridized carbons (Fsp3) is 1.00. The molecule has 0 heterocycles. The van der Waals surface area contributed by atoms with Gasteiger partial charge in [0.2, 0.25) is 0 Å². The standard InChI is InChI=1S/C10H25N3O2S.ClH/c1-6-12(4)16(14,15)13(5)8-7-10(11)9(2)3;/h9-10H,6-8,11H2,1-5H3;1H. The molecule has 0 saturated heterocycles. The van der Waals surface area contributed by atoms with Crippen molar-refractivity contribution in [3.8, 4) is 0 Å². The predicted molar refractivity (Wildman–Crippen MR) is 74.5 cm³/mol. The third kappa shape index (κ3) is 6.01. The van der Waals surface area contributed by atoms with Gasteiger partial charge in [-0.1, -0.05) is 20.8 Å². The summed E-state index contributed by atoms with van der Waals surface area (Å²) in [5.74, 6) is 0.375. The van der Waals surface area contributed by atoms with Crippen LogP contribution in [0, 0.1) is 5.92 Å². The minimum absolute atomic E-state index is 0. The van der Waals surface area contributed by atoms with Crippen LogP contribution >= 0.6 is 12.4 Å². The lowest BCUT2D eigenvalue weighted by molar-refractivity contribution is 0.368. The highest BCUT2D eigenvalue weighted by atomic mass is 35.5. The quantitative estimate of drug-likeness (QED) is 0.757. The van der Waals surface area contributed by atoms with Crippen molar-refractivity contribution in [2.24, 2.45) is 11.7 Å². The lowest BCUT2D eigenvalue weighted by Gasteiger charge is -2.25. The molecule has 0 spiro atoms. The second-order valence-electron chi connectivity index (χ2n) is 4.44. The van der Waals surface area contributed by atoms with E-state index >= 15 is 0 Å². The minimum Gasteiger partial charge on any atom is -0.327 e. The number of rotatable bonds is 7.